The van der Waals surface area contributed by atoms with E-state index in [-0.39, 0.29) is 24.4 Å². The highest BCUT2D eigenvalue weighted by Crippen LogP contribution is 2.60. The van der Waals surface area contributed by atoms with Gasteiger partial charge < -0.3 is 18.9 Å². The summed E-state index contributed by atoms with van der Waals surface area (Å²) >= 11 is 0. The molecule has 176 valence electrons. The lowest BCUT2D eigenvalue weighted by Crippen LogP contribution is -2.70. The molecule has 1 aromatic carbocycles. The van der Waals surface area contributed by atoms with Crippen LogP contribution in [0.1, 0.15) is 65.0 Å². The second kappa shape index (κ2) is 8.37. The Hall–Kier alpha value is -1.51. The zero-order valence-electron chi connectivity index (χ0n) is 19.3. The summed E-state index contributed by atoms with van der Waals surface area (Å²) in [5.74, 6) is -0.368. The molecule has 7 heteroatoms. The molecule has 1 aliphatic carbocycles. The Morgan fingerprint density at radius 1 is 1.12 bits per heavy atom. The summed E-state index contributed by atoms with van der Waals surface area (Å²) in [5, 5.41) is 0. The molecule has 4 heterocycles. The van der Waals surface area contributed by atoms with Crippen molar-refractivity contribution in [3.63, 3.8) is 0 Å². The molecule has 5 fully saturated rings. The Bertz CT molecular complexity index is 831. The lowest BCUT2D eigenvalue weighted by atomic mass is 9.58. The lowest BCUT2D eigenvalue weighted by molar-refractivity contribution is -0.578. The third-order valence-corrected chi connectivity index (χ3v) is 7.97. The highest BCUT2D eigenvalue weighted by atomic mass is 17.3. The lowest BCUT2D eigenvalue weighted by Gasteiger charge is -2.60. The molecule has 4 saturated heterocycles. The van der Waals surface area contributed by atoms with Gasteiger partial charge in [0.15, 0.2) is 24.3 Å². The summed E-state index contributed by atoms with van der Waals surface area (Å²) in [7, 11) is 0. The van der Waals surface area contributed by atoms with E-state index in [0.717, 1.165) is 31.2 Å². The number of carbonyl (C=O) groups excluding carboxylic acids is 1. The van der Waals surface area contributed by atoms with Crippen molar-refractivity contribution in [2.45, 2.75) is 83.5 Å². The molecule has 5 aliphatic rings. The standard InChI is InChI=1S/C25H34O7/c1-5-27-21(26)20(17-9-7-6-8-10-17)28-22-16(3)19-12-11-15(2)18-13-14-24(4)30-23(29-22)25(18,19)32-31-24/h6-10,15-16,18-20,22-23H,5,11-14H2,1-4H3/t15-,16-,18+,19?,20+,22+,23-,24-,25-/m1/s1. The van der Waals surface area contributed by atoms with Gasteiger partial charge in [0.2, 0.25) is 5.79 Å². The predicted octanol–water partition coefficient (Wildman–Crippen LogP) is 4.52. The van der Waals surface area contributed by atoms with Gasteiger partial charge >= 0.3 is 5.97 Å². The molecule has 1 unspecified atom stereocenters. The molecule has 0 amide bonds. The van der Waals surface area contributed by atoms with Gasteiger partial charge in [-0.05, 0) is 50.5 Å². The van der Waals surface area contributed by atoms with E-state index >= 15 is 0 Å². The van der Waals surface area contributed by atoms with Crippen molar-refractivity contribution in [1.82, 2.24) is 0 Å². The Labute approximate surface area is 189 Å². The minimum absolute atomic E-state index is 0.0171. The van der Waals surface area contributed by atoms with Crippen molar-refractivity contribution in [3.05, 3.63) is 35.9 Å². The number of esters is 1. The van der Waals surface area contributed by atoms with Gasteiger partial charge in [-0.1, -0.05) is 44.2 Å². The normalized spacial score (nSPS) is 43.8. The van der Waals surface area contributed by atoms with Crippen molar-refractivity contribution in [1.29, 1.82) is 0 Å². The van der Waals surface area contributed by atoms with E-state index in [1.165, 1.54) is 0 Å². The van der Waals surface area contributed by atoms with Crippen LogP contribution in [0.5, 0.6) is 0 Å². The fourth-order valence-electron chi connectivity index (χ4n) is 6.28. The summed E-state index contributed by atoms with van der Waals surface area (Å²) in [6.07, 6.45) is 1.70. The monoisotopic (exact) mass is 446 g/mol. The number of ether oxygens (including phenoxy) is 4. The quantitative estimate of drug-likeness (QED) is 0.486. The number of benzene rings is 1. The summed E-state index contributed by atoms with van der Waals surface area (Å²) in [5.41, 5.74) is 0.0890. The van der Waals surface area contributed by atoms with Gasteiger partial charge in [0.25, 0.3) is 0 Å². The Morgan fingerprint density at radius 2 is 1.91 bits per heavy atom. The molecular weight excluding hydrogens is 412 g/mol. The number of hydrogen-bond donors (Lipinski definition) is 0. The SMILES string of the molecule is CCOC(=O)[C@@H](O[C@H]1O[C@@H]2O[C@@]3(C)CC[C@H]4[C@H](C)CCC([C@H]1C)[C@@]24OO3)c1ccccc1. The first-order valence-corrected chi connectivity index (χ1v) is 11.9. The van der Waals surface area contributed by atoms with Gasteiger partial charge in [0.1, 0.15) is 0 Å². The third-order valence-electron chi connectivity index (χ3n) is 7.97. The van der Waals surface area contributed by atoms with Crippen molar-refractivity contribution in [2.75, 3.05) is 6.61 Å². The van der Waals surface area contributed by atoms with Crippen molar-refractivity contribution in [2.24, 2.45) is 23.7 Å². The average molecular weight is 447 g/mol. The molecule has 1 spiro atoms. The molecule has 1 saturated carbocycles. The summed E-state index contributed by atoms with van der Waals surface area (Å²) in [6, 6.07) is 9.43. The molecule has 0 N–H and O–H groups in total. The number of fused-ring (bicyclic) bond motifs is 2. The van der Waals surface area contributed by atoms with Crippen LogP contribution in [0.2, 0.25) is 0 Å². The molecule has 4 aliphatic heterocycles. The van der Waals surface area contributed by atoms with E-state index in [9.17, 15) is 4.79 Å². The van der Waals surface area contributed by atoms with Gasteiger partial charge in [-0.3, -0.25) is 0 Å². The van der Waals surface area contributed by atoms with E-state index in [1.807, 2.05) is 37.3 Å². The fourth-order valence-corrected chi connectivity index (χ4v) is 6.28. The number of carbonyl (C=O) groups is 1. The van der Waals surface area contributed by atoms with Gasteiger partial charge in [0.05, 0.1) is 6.61 Å². The number of hydrogen-bond acceptors (Lipinski definition) is 7. The van der Waals surface area contributed by atoms with Crippen LogP contribution in [0.15, 0.2) is 30.3 Å². The highest BCUT2D eigenvalue weighted by molar-refractivity contribution is 5.76. The topological polar surface area (TPSA) is 72.5 Å². The second-order valence-electron chi connectivity index (χ2n) is 9.95. The third kappa shape index (κ3) is 3.49. The van der Waals surface area contributed by atoms with Crippen molar-refractivity contribution in [3.8, 4) is 0 Å². The highest BCUT2D eigenvalue weighted by Gasteiger charge is 2.69. The molecule has 32 heavy (non-hydrogen) atoms. The summed E-state index contributed by atoms with van der Waals surface area (Å²) in [6.45, 7) is 8.38. The van der Waals surface area contributed by atoms with Crippen LogP contribution >= 0.6 is 0 Å². The molecule has 9 atom stereocenters. The van der Waals surface area contributed by atoms with Crippen LogP contribution in [0, 0.1) is 23.7 Å². The van der Waals surface area contributed by atoms with Gasteiger partial charge in [-0.15, -0.1) is 0 Å². The smallest absolute Gasteiger partial charge is 0.340 e. The molecule has 2 bridgehead atoms. The minimum atomic E-state index is -0.869. The first-order valence-electron chi connectivity index (χ1n) is 11.9. The van der Waals surface area contributed by atoms with Crippen LogP contribution in [-0.4, -0.2) is 36.5 Å². The summed E-state index contributed by atoms with van der Waals surface area (Å²) in [4.78, 5) is 24.9. The van der Waals surface area contributed by atoms with E-state index in [2.05, 4.69) is 13.8 Å². The number of rotatable bonds is 5. The maximum atomic E-state index is 12.8. The van der Waals surface area contributed by atoms with E-state index < -0.39 is 36.0 Å². The van der Waals surface area contributed by atoms with E-state index in [4.69, 9.17) is 28.7 Å². The average Bonchev–Trinajstić information content (AvgIpc) is 3.02. The maximum Gasteiger partial charge on any atom is 0.340 e. The van der Waals surface area contributed by atoms with Crippen LogP contribution in [0.25, 0.3) is 0 Å². The van der Waals surface area contributed by atoms with Crippen molar-refractivity contribution < 1.29 is 33.5 Å². The summed E-state index contributed by atoms with van der Waals surface area (Å²) < 4.78 is 24.6. The molecule has 0 radical (unpaired) electrons. The molecule has 7 nitrogen and oxygen atoms in total. The largest absolute Gasteiger partial charge is 0.464 e. The van der Waals surface area contributed by atoms with Crippen LogP contribution in [0.4, 0.5) is 0 Å². The molecule has 1 aromatic rings. The Morgan fingerprint density at radius 3 is 2.66 bits per heavy atom. The van der Waals surface area contributed by atoms with Gasteiger partial charge in [-0.2, -0.15) is 0 Å². The molecule has 6 rings (SSSR count). The van der Waals surface area contributed by atoms with Gasteiger partial charge in [0, 0.05) is 18.3 Å². The van der Waals surface area contributed by atoms with Crippen molar-refractivity contribution >= 4 is 5.97 Å². The Kier molecular flexibility index (Phi) is 5.83. The Balaban J connectivity index is 1.46. The molecule has 0 aromatic heterocycles. The van der Waals surface area contributed by atoms with Crippen LogP contribution < -0.4 is 0 Å². The minimum Gasteiger partial charge on any atom is -0.464 e. The van der Waals surface area contributed by atoms with Crippen LogP contribution in [0.3, 0.4) is 0 Å². The van der Waals surface area contributed by atoms with E-state index in [1.54, 1.807) is 6.92 Å². The zero-order valence-corrected chi connectivity index (χ0v) is 19.3. The first-order chi connectivity index (χ1) is 15.4. The zero-order chi connectivity index (χ0) is 22.5. The van der Waals surface area contributed by atoms with Gasteiger partial charge in [-0.25, -0.2) is 14.6 Å². The van der Waals surface area contributed by atoms with Crippen LogP contribution in [-0.2, 0) is 33.5 Å². The fraction of sp³-hybridized carbons (Fsp3) is 0.720. The maximum absolute atomic E-state index is 12.8. The van der Waals surface area contributed by atoms with E-state index in [0.29, 0.717) is 5.92 Å². The second-order valence-corrected chi connectivity index (χ2v) is 9.95. The predicted molar refractivity (Wildman–Crippen MR) is 114 cm³/mol. The molecular formula is C25H34O7. The first kappa shape index (κ1) is 22.3.